The molecule has 0 aromatic rings. The lowest BCUT2D eigenvalue weighted by Crippen LogP contribution is -2.30. The number of aliphatic hydroxyl groups excluding tert-OH is 2. The van der Waals surface area contributed by atoms with Crippen molar-refractivity contribution in [2.24, 2.45) is 0 Å². The minimum absolute atomic E-state index is 0.0926. The molecule has 692 valence electrons. The van der Waals surface area contributed by atoms with E-state index >= 15 is 0 Å². The number of allylic oxidation sites excluding steroid dienone is 30. The minimum Gasteiger partial charge on any atom is -0.463 e. The predicted octanol–water partition coefficient (Wildman–Crippen LogP) is 30.0. The molecule has 0 radical (unpaired) electrons. The number of carbonyl (C=O) groups excluding carboxylic acids is 3. The summed E-state index contributed by atoms with van der Waals surface area (Å²) in [6, 6.07) is 0. The van der Waals surface area contributed by atoms with Gasteiger partial charge in [-0.3, -0.25) is 32.5 Å². The first-order valence-electron chi connectivity index (χ1n) is 48.1. The minimum atomic E-state index is -4.95. The van der Waals surface area contributed by atoms with Gasteiger partial charge in [0.1, 0.15) is 25.4 Å². The normalized spacial score (nSPS) is 14.5. The molecule has 0 aromatic heterocycles. The molecule has 0 amide bonds. The highest BCUT2D eigenvalue weighted by Crippen LogP contribution is 2.45. The highest BCUT2D eigenvalue weighted by molar-refractivity contribution is 7.47. The Bertz CT molecular complexity index is 2930. The van der Waals surface area contributed by atoms with Gasteiger partial charge in [-0.05, 0) is 161 Å². The number of phosphoric acid groups is 2. The topological polar surface area (TPSA) is 231 Å². The fourth-order valence-electron chi connectivity index (χ4n) is 12.9. The highest BCUT2D eigenvalue weighted by atomic mass is 31.2. The Morgan fingerprint density at radius 1 is 0.240 bits per heavy atom. The number of hydrogen-bond donors (Lipinski definition) is 4. The van der Waals surface area contributed by atoms with E-state index in [2.05, 4.69) is 203 Å². The van der Waals surface area contributed by atoms with E-state index < -0.39 is 91.5 Å². The van der Waals surface area contributed by atoms with Crippen molar-refractivity contribution in [2.75, 3.05) is 39.6 Å². The molecule has 16 nitrogen and oxygen atoms in total. The molecule has 121 heavy (non-hydrogen) atoms. The first kappa shape index (κ1) is 116. The van der Waals surface area contributed by atoms with Gasteiger partial charge in [-0.25, -0.2) is 9.13 Å². The molecule has 0 spiro atoms. The van der Waals surface area contributed by atoms with Gasteiger partial charge in [-0.2, -0.15) is 0 Å². The number of ether oxygens (including phenoxy) is 3. The SMILES string of the molecule is CC/C=C\C/C=C\C/C=C\C/C=C\C/C=C\C/C=C\CCCCCCCCCCC(=O)OCC(COP(=O)(O)OCC(O)COP(=O)(O)OCC(O)COC(=O)CCCCCCCCCCCCCCCCC/C=C\C/C=C\C/C=C\C/C=C\CCCCC)OC(=O)CCCCCCCCCCCCC/C=C\C/C=C\C/C=C\C/C=C\C/C=C\CC. The fraction of sp³-hybridized carbons (Fsp3) is 0.680. The van der Waals surface area contributed by atoms with Crippen LogP contribution in [-0.2, 0) is 55.8 Å². The van der Waals surface area contributed by atoms with Crippen molar-refractivity contribution in [1.29, 1.82) is 0 Å². The van der Waals surface area contributed by atoms with E-state index in [1.807, 2.05) is 0 Å². The van der Waals surface area contributed by atoms with Crippen LogP contribution in [0.5, 0.6) is 0 Å². The zero-order valence-electron chi connectivity index (χ0n) is 76.4. The Morgan fingerprint density at radius 2 is 0.438 bits per heavy atom. The number of phosphoric ester groups is 2. The summed E-state index contributed by atoms with van der Waals surface area (Å²) in [6.45, 7) is 2.46. The molecule has 0 aliphatic carbocycles. The lowest BCUT2D eigenvalue weighted by molar-refractivity contribution is -0.161. The number of esters is 3. The number of aliphatic hydroxyl groups is 2. The summed E-state index contributed by atoms with van der Waals surface area (Å²) in [5, 5.41) is 20.8. The van der Waals surface area contributed by atoms with Crippen LogP contribution in [0.4, 0.5) is 0 Å². The third-order valence-corrected chi connectivity index (χ3v) is 22.0. The summed E-state index contributed by atoms with van der Waals surface area (Å²) in [5.74, 6) is -1.58. The van der Waals surface area contributed by atoms with Crippen LogP contribution < -0.4 is 0 Å². The maximum atomic E-state index is 13.1. The first-order valence-corrected chi connectivity index (χ1v) is 51.1. The van der Waals surface area contributed by atoms with Gasteiger partial charge in [0, 0.05) is 19.3 Å². The van der Waals surface area contributed by atoms with Crippen molar-refractivity contribution in [2.45, 2.75) is 411 Å². The zero-order valence-corrected chi connectivity index (χ0v) is 78.2. The van der Waals surface area contributed by atoms with Gasteiger partial charge in [0.2, 0.25) is 0 Å². The summed E-state index contributed by atoms with van der Waals surface area (Å²) in [4.78, 5) is 59.1. The van der Waals surface area contributed by atoms with Crippen LogP contribution in [-0.4, -0.2) is 95.9 Å². The van der Waals surface area contributed by atoms with E-state index in [0.29, 0.717) is 19.3 Å². The lowest BCUT2D eigenvalue weighted by atomic mass is 10.0. The molecule has 0 saturated carbocycles. The second-order valence-electron chi connectivity index (χ2n) is 31.8. The van der Waals surface area contributed by atoms with Crippen molar-refractivity contribution in [1.82, 2.24) is 0 Å². The molecular formula is C103H174O16P2. The number of unbranched alkanes of at least 4 members (excludes halogenated alkanes) is 37. The van der Waals surface area contributed by atoms with Crippen LogP contribution in [0.1, 0.15) is 393 Å². The quantitative estimate of drug-likeness (QED) is 0.0146. The Morgan fingerprint density at radius 3 is 0.694 bits per heavy atom. The van der Waals surface area contributed by atoms with E-state index in [1.54, 1.807) is 0 Å². The van der Waals surface area contributed by atoms with Gasteiger partial charge >= 0.3 is 33.6 Å². The molecule has 0 aromatic carbocycles. The Hall–Kier alpha value is -5.35. The lowest BCUT2D eigenvalue weighted by Gasteiger charge is -2.21. The molecule has 0 saturated heterocycles. The molecule has 5 unspecified atom stereocenters. The third kappa shape index (κ3) is 95.2. The van der Waals surface area contributed by atoms with E-state index in [1.165, 1.54) is 154 Å². The Kier molecular flexibility index (Phi) is 89.6. The summed E-state index contributed by atoms with van der Waals surface area (Å²) >= 11 is 0. The van der Waals surface area contributed by atoms with Crippen LogP contribution in [0.2, 0.25) is 0 Å². The largest absolute Gasteiger partial charge is 0.472 e. The van der Waals surface area contributed by atoms with Gasteiger partial charge in [0.05, 0.1) is 26.4 Å². The van der Waals surface area contributed by atoms with Gasteiger partial charge in [0.15, 0.2) is 6.10 Å². The molecule has 0 fully saturated rings. The van der Waals surface area contributed by atoms with Crippen molar-refractivity contribution in [3.05, 3.63) is 182 Å². The van der Waals surface area contributed by atoms with Crippen LogP contribution in [0.3, 0.4) is 0 Å². The standard InChI is InChI=1S/C103H174O16P2/c1-4-7-10-13-16-19-22-25-28-31-34-37-40-43-46-47-48-49-52-54-56-59-62-65-68-71-74-77-80-83-86-89-101(106)113-92-98(104)93-115-120(109,110)116-94-99(105)95-117-121(111,112)118-97-100(119-103(108)91-88-85-82-79-76-73-70-67-64-61-58-55-51-45-42-39-36-33-30-27-24-21-18-15-12-9-6-3)96-114-102(107)90-87-84-81-78-75-72-69-66-63-60-57-53-50-44-41-38-35-32-29-26-23-20-17-14-11-8-5-2/h8-9,11-12,16-21,25-30,34-39,43-46,50-51,57,60,98-100,104-105H,4-7,10,13-15,22-24,31-33,40-42,47-49,52-56,58-59,61-97H2,1-3H3,(H,109,110)(H,111,112)/b11-8-,12-9-,19-16-,20-17-,21-18-,28-25-,29-26-,30-27-,37-34-,38-35-,39-36-,46-43-,50-44-,51-45-,60-57-. The summed E-state index contributed by atoms with van der Waals surface area (Å²) in [6.07, 6.45) is 124. The Balaban J connectivity index is 4.65. The number of hydrogen-bond acceptors (Lipinski definition) is 14. The predicted molar refractivity (Wildman–Crippen MR) is 509 cm³/mol. The van der Waals surface area contributed by atoms with Crippen molar-refractivity contribution in [3.63, 3.8) is 0 Å². The summed E-state index contributed by atoms with van der Waals surface area (Å²) < 4.78 is 61.6. The fourth-order valence-corrected chi connectivity index (χ4v) is 14.5. The zero-order chi connectivity index (χ0) is 87.9. The van der Waals surface area contributed by atoms with Gasteiger partial charge in [-0.1, -0.05) is 396 Å². The average molecular weight is 1730 g/mol. The molecule has 0 aliphatic heterocycles. The van der Waals surface area contributed by atoms with Crippen LogP contribution >= 0.6 is 15.6 Å². The molecule has 5 atom stereocenters. The van der Waals surface area contributed by atoms with E-state index in [-0.39, 0.29) is 19.3 Å². The smallest absolute Gasteiger partial charge is 0.463 e. The van der Waals surface area contributed by atoms with Crippen LogP contribution in [0.25, 0.3) is 0 Å². The molecule has 0 heterocycles. The van der Waals surface area contributed by atoms with Crippen molar-refractivity contribution >= 4 is 33.6 Å². The summed E-state index contributed by atoms with van der Waals surface area (Å²) in [5.41, 5.74) is 0. The highest BCUT2D eigenvalue weighted by Gasteiger charge is 2.30. The second kappa shape index (κ2) is 93.8. The maximum absolute atomic E-state index is 13.1. The summed E-state index contributed by atoms with van der Waals surface area (Å²) in [7, 11) is -9.82. The molecule has 18 heteroatoms. The number of rotatable bonds is 90. The van der Waals surface area contributed by atoms with Gasteiger partial charge in [0.25, 0.3) is 0 Å². The average Bonchev–Trinajstić information content (AvgIpc) is 0.894. The van der Waals surface area contributed by atoms with Gasteiger partial charge in [-0.15, -0.1) is 0 Å². The molecule has 0 aliphatic rings. The van der Waals surface area contributed by atoms with Crippen molar-refractivity contribution in [3.8, 4) is 0 Å². The molecule has 4 N–H and O–H groups in total. The van der Waals surface area contributed by atoms with E-state index in [4.69, 9.17) is 32.3 Å². The third-order valence-electron chi connectivity index (χ3n) is 20.1. The van der Waals surface area contributed by atoms with Crippen LogP contribution in [0.15, 0.2) is 182 Å². The van der Waals surface area contributed by atoms with Gasteiger partial charge < -0.3 is 34.2 Å². The second-order valence-corrected chi connectivity index (χ2v) is 34.7. The molecule has 0 rings (SSSR count). The number of carbonyl (C=O) groups is 3. The van der Waals surface area contributed by atoms with Crippen LogP contribution in [0, 0.1) is 0 Å². The first-order chi connectivity index (χ1) is 59.2. The Labute approximate surface area is 738 Å². The maximum Gasteiger partial charge on any atom is 0.472 e. The molecular weight excluding hydrogens is 1560 g/mol. The monoisotopic (exact) mass is 1730 g/mol. The van der Waals surface area contributed by atoms with E-state index in [0.717, 1.165) is 180 Å². The van der Waals surface area contributed by atoms with E-state index in [9.17, 15) is 43.5 Å². The molecule has 0 bridgehead atoms. The van der Waals surface area contributed by atoms with Crippen molar-refractivity contribution < 1.29 is 75.8 Å².